The molecular formula is C31H32FN3O4. The molecule has 2 aliphatic rings. The van der Waals surface area contributed by atoms with Crippen molar-refractivity contribution in [3.63, 3.8) is 0 Å². The van der Waals surface area contributed by atoms with Crippen LogP contribution in [0.1, 0.15) is 57.7 Å². The van der Waals surface area contributed by atoms with Crippen molar-refractivity contribution >= 4 is 17.7 Å². The number of piperidine rings is 1. The molecule has 2 unspecified atom stereocenters. The zero-order chi connectivity index (χ0) is 27.6. The third-order valence-electron chi connectivity index (χ3n) is 7.72. The first-order chi connectivity index (χ1) is 18.8. The Morgan fingerprint density at radius 2 is 1.64 bits per heavy atom. The molecule has 2 atom stereocenters. The molecule has 2 aliphatic heterocycles. The first kappa shape index (κ1) is 26.6. The molecule has 8 heteroatoms. The van der Waals surface area contributed by atoms with Gasteiger partial charge in [-0.3, -0.25) is 19.3 Å². The van der Waals surface area contributed by atoms with E-state index >= 15 is 0 Å². The van der Waals surface area contributed by atoms with Crippen LogP contribution in [0, 0.1) is 12.7 Å². The number of aryl methyl sites for hydroxylation is 1. The number of benzene rings is 3. The van der Waals surface area contributed by atoms with Crippen molar-refractivity contribution in [2.24, 2.45) is 0 Å². The van der Waals surface area contributed by atoms with Crippen LogP contribution in [0.3, 0.4) is 0 Å². The number of carbonyl (C=O) groups is 3. The molecule has 3 aromatic rings. The summed E-state index contributed by atoms with van der Waals surface area (Å²) in [6, 6.07) is 21.3. The summed E-state index contributed by atoms with van der Waals surface area (Å²) in [5.74, 6) is -1.42. The Kier molecular flexibility index (Phi) is 7.48. The summed E-state index contributed by atoms with van der Waals surface area (Å²) < 4.78 is 20.3. The van der Waals surface area contributed by atoms with Gasteiger partial charge < -0.3 is 15.0 Å². The molecule has 202 valence electrons. The van der Waals surface area contributed by atoms with Crippen molar-refractivity contribution in [2.75, 3.05) is 19.7 Å². The van der Waals surface area contributed by atoms with Crippen molar-refractivity contribution in [2.45, 2.75) is 44.5 Å². The molecule has 0 aliphatic carbocycles. The number of halogens is 1. The number of amides is 3. The molecule has 3 amide bonds. The number of hydrogen-bond donors (Lipinski definition) is 1. The lowest BCUT2D eigenvalue weighted by Crippen LogP contribution is -2.60. The van der Waals surface area contributed by atoms with Crippen molar-refractivity contribution in [1.29, 1.82) is 0 Å². The van der Waals surface area contributed by atoms with Crippen LogP contribution in [0.25, 0.3) is 0 Å². The number of rotatable bonds is 5. The van der Waals surface area contributed by atoms with Crippen LogP contribution < -0.4 is 5.32 Å². The van der Waals surface area contributed by atoms with E-state index in [4.69, 9.17) is 4.74 Å². The summed E-state index contributed by atoms with van der Waals surface area (Å²) in [5.41, 5.74) is 1.54. The fraction of sp³-hybridized carbons (Fsp3) is 0.323. The Labute approximate surface area is 227 Å². The molecule has 2 saturated heterocycles. The lowest BCUT2D eigenvalue weighted by atomic mass is 9.95. The minimum absolute atomic E-state index is 0.0140. The predicted molar refractivity (Wildman–Crippen MR) is 144 cm³/mol. The molecular weight excluding hydrogens is 497 g/mol. The second-order valence-corrected chi connectivity index (χ2v) is 10.2. The van der Waals surface area contributed by atoms with E-state index in [2.05, 4.69) is 5.32 Å². The molecule has 3 aromatic carbocycles. The van der Waals surface area contributed by atoms with Crippen LogP contribution in [0.15, 0.2) is 78.9 Å². The number of hydrogen-bond acceptors (Lipinski definition) is 4. The van der Waals surface area contributed by atoms with E-state index in [0.29, 0.717) is 31.5 Å². The van der Waals surface area contributed by atoms with Crippen LogP contribution in [0.2, 0.25) is 0 Å². The fourth-order valence-corrected chi connectivity index (χ4v) is 5.50. The first-order valence-electron chi connectivity index (χ1n) is 13.2. The van der Waals surface area contributed by atoms with Crippen LogP contribution in [0.4, 0.5) is 4.39 Å². The summed E-state index contributed by atoms with van der Waals surface area (Å²) >= 11 is 0. The minimum Gasteiger partial charge on any atom is -0.353 e. The highest BCUT2D eigenvalue weighted by Crippen LogP contribution is 2.39. The van der Waals surface area contributed by atoms with Gasteiger partial charge in [0, 0.05) is 37.1 Å². The molecule has 0 bridgehead atoms. The van der Waals surface area contributed by atoms with Crippen molar-refractivity contribution in [3.8, 4) is 0 Å². The standard InChI is InChI=1S/C31H32FN3O4/c1-21-9-6-7-14-26(21)30(38)34-17-15-31(16-18-34)35(29(37)24-12-8-13-25(32)19-24)27(20-39-31)28(36)33-22(2)23-10-4-3-5-11-23/h3-14,19,22,27H,15-18,20H2,1-2H3,(H,33,36). The van der Waals surface area contributed by atoms with Gasteiger partial charge in [0.25, 0.3) is 11.8 Å². The summed E-state index contributed by atoms with van der Waals surface area (Å²) in [6.07, 6.45) is 0.674. The number of likely N-dealkylation sites (tertiary alicyclic amines) is 1. The largest absolute Gasteiger partial charge is 0.353 e. The Morgan fingerprint density at radius 1 is 0.949 bits per heavy atom. The molecule has 0 aromatic heterocycles. The summed E-state index contributed by atoms with van der Waals surface area (Å²) in [7, 11) is 0. The summed E-state index contributed by atoms with van der Waals surface area (Å²) in [6.45, 7) is 4.51. The number of nitrogens with zero attached hydrogens (tertiary/aromatic N) is 2. The summed E-state index contributed by atoms with van der Waals surface area (Å²) in [4.78, 5) is 43.8. The highest BCUT2D eigenvalue weighted by Gasteiger charge is 2.54. The van der Waals surface area contributed by atoms with Gasteiger partial charge in [-0.25, -0.2) is 4.39 Å². The third kappa shape index (κ3) is 5.29. The van der Waals surface area contributed by atoms with E-state index in [9.17, 15) is 18.8 Å². The van der Waals surface area contributed by atoms with Gasteiger partial charge in [0.2, 0.25) is 5.91 Å². The topological polar surface area (TPSA) is 79.0 Å². The Hall–Kier alpha value is -4.04. The second kappa shape index (κ2) is 11.0. The molecule has 1 N–H and O–H groups in total. The lowest BCUT2D eigenvalue weighted by Gasteiger charge is -2.44. The number of carbonyl (C=O) groups excluding carboxylic acids is 3. The Bertz CT molecular complexity index is 1370. The SMILES string of the molecule is Cc1ccccc1C(=O)N1CCC2(CC1)OCC(C(=O)NC(C)c1ccccc1)N2C(=O)c1cccc(F)c1. The zero-order valence-electron chi connectivity index (χ0n) is 22.1. The normalized spacial score (nSPS) is 19.1. The van der Waals surface area contributed by atoms with Crippen LogP contribution >= 0.6 is 0 Å². The highest BCUT2D eigenvalue weighted by atomic mass is 19.1. The molecule has 0 radical (unpaired) electrons. The van der Waals surface area contributed by atoms with E-state index in [-0.39, 0.29) is 30.0 Å². The smallest absolute Gasteiger partial charge is 0.256 e. The predicted octanol–water partition coefficient (Wildman–Crippen LogP) is 4.49. The van der Waals surface area contributed by atoms with Crippen molar-refractivity contribution < 1.29 is 23.5 Å². The lowest BCUT2D eigenvalue weighted by molar-refractivity contribution is -0.128. The van der Waals surface area contributed by atoms with Crippen LogP contribution in [0.5, 0.6) is 0 Å². The van der Waals surface area contributed by atoms with Gasteiger partial charge >= 0.3 is 0 Å². The van der Waals surface area contributed by atoms with Crippen molar-refractivity contribution in [1.82, 2.24) is 15.1 Å². The second-order valence-electron chi connectivity index (χ2n) is 10.2. The highest BCUT2D eigenvalue weighted by molar-refractivity contribution is 5.99. The molecule has 7 nitrogen and oxygen atoms in total. The fourth-order valence-electron chi connectivity index (χ4n) is 5.50. The average Bonchev–Trinajstić information content (AvgIpc) is 3.32. The molecule has 2 heterocycles. The van der Waals surface area contributed by atoms with Gasteiger partial charge in [-0.1, -0.05) is 54.6 Å². The van der Waals surface area contributed by atoms with E-state index in [1.54, 1.807) is 4.90 Å². The Balaban J connectivity index is 1.39. The molecule has 5 rings (SSSR count). The molecule has 2 fully saturated rings. The van der Waals surface area contributed by atoms with Gasteiger partial charge in [-0.05, 0) is 49.2 Å². The average molecular weight is 530 g/mol. The number of nitrogens with one attached hydrogen (secondary N) is 1. The van der Waals surface area contributed by atoms with Crippen LogP contribution in [-0.2, 0) is 9.53 Å². The van der Waals surface area contributed by atoms with Crippen molar-refractivity contribution in [3.05, 3.63) is 107 Å². The maximum Gasteiger partial charge on any atom is 0.256 e. The van der Waals surface area contributed by atoms with E-state index in [1.807, 2.05) is 68.4 Å². The van der Waals surface area contributed by atoms with Gasteiger partial charge in [0.1, 0.15) is 17.6 Å². The van der Waals surface area contributed by atoms with Gasteiger partial charge in [0.15, 0.2) is 0 Å². The van der Waals surface area contributed by atoms with Gasteiger partial charge in [-0.15, -0.1) is 0 Å². The number of ether oxygens (including phenoxy) is 1. The first-order valence-corrected chi connectivity index (χ1v) is 13.2. The summed E-state index contributed by atoms with van der Waals surface area (Å²) in [5, 5.41) is 3.01. The molecule has 0 saturated carbocycles. The maximum absolute atomic E-state index is 14.1. The Morgan fingerprint density at radius 3 is 2.33 bits per heavy atom. The van der Waals surface area contributed by atoms with Gasteiger partial charge in [-0.2, -0.15) is 0 Å². The van der Waals surface area contributed by atoms with Gasteiger partial charge in [0.05, 0.1) is 12.6 Å². The molecule has 1 spiro atoms. The van der Waals surface area contributed by atoms with E-state index in [0.717, 1.165) is 11.1 Å². The minimum atomic E-state index is -1.08. The zero-order valence-corrected chi connectivity index (χ0v) is 22.1. The van der Waals surface area contributed by atoms with E-state index < -0.39 is 23.5 Å². The molecule has 39 heavy (non-hydrogen) atoms. The van der Waals surface area contributed by atoms with E-state index in [1.165, 1.54) is 29.2 Å². The maximum atomic E-state index is 14.1. The van der Waals surface area contributed by atoms with Crippen LogP contribution in [-0.4, -0.2) is 59.0 Å². The quantitative estimate of drug-likeness (QED) is 0.529. The monoisotopic (exact) mass is 529 g/mol. The third-order valence-corrected chi connectivity index (χ3v) is 7.72.